The average Bonchev–Trinajstić information content (AvgIpc) is 3.00. The molecule has 1 aliphatic rings. The molecule has 1 N–H and O–H groups in total. The largest absolute Gasteiger partial charge is 0.377 e. The van der Waals surface area contributed by atoms with Gasteiger partial charge in [0.05, 0.1) is 17.9 Å². The first-order chi connectivity index (χ1) is 11.3. The second-order valence-electron chi connectivity index (χ2n) is 6.35. The molecule has 0 saturated carbocycles. The predicted octanol–water partition coefficient (Wildman–Crippen LogP) is 1.78. The maximum atomic E-state index is 12.4. The number of sulfonamides is 1. The highest BCUT2D eigenvalue weighted by molar-refractivity contribution is 7.88. The van der Waals surface area contributed by atoms with Gasteiger partial charge >= 0.3 is 0 Å². The number of pyridine rings is 1. The highest BCUT2D eigenvalue weighted by atomic mass is 32.2. The number of hydrogen-bond donors (Lipinski definition) is 1. The summed E-state index contributed by atoms with van der Waals surface area (Å²) in [5.41, 5.74) is 1.96. The minimum atomic E-state index is -3.43. The Morgan fingerprint density at radius 3 is 2.83 bits per heavy atom. The van der Waals surface area contributed by atoms with Gasteiger partial charge in [0.25, 0.3) is 5.56 Å². The lowest BCUT2D eigenvalue weighted by Gasteiger charge is -2.23. The van der Waals surface area contributed by atoms with Gasteiger partial charge in [0.15, 0.2) is 0 Å². The van der Waals surface area contributed by atoms with Crippen LogP contribution in [0, 0.1) is 6.92 Å². The Morgan fingerprint density at radius 1 is 1.38 bits per heavy atom. The van der Waals surface area contributed by atoms with Crippen LogP contribution in [0.15, 0.2) is 29.1 Å². The number of fused-ring (bicyclic) bond motifs is 1. The summed E-state index contributed by atoms with van der Waals surface area (Å²) in [4.78, 5) is 15.2. The van der Waals surface area contributed by atoms with Gasteiger partial charge in [0.1, 0.15) is 0 Å². The van der Waals surface area contributed by atoms with E-state index in [1.165, 1.54) is 10.6 Å². The van der Waals surface area contributed by atoms with Crippen molar-refractivity contribution in [3.63, 3.8) is 0 Å². The number of hydrogen-bond acceptors (Lipinski definition) is 4. The molecule has 3 rings (SSSR count). The van der Waals surface area contributed by atoms with Gasteiger partial charge < -0.3 is 9.72 Å². The molecule has 0 spiro atoms. The second kappa shape index (κ2) is 6.66. The Balaban J connectivity index is 1.93. The van der Waals surface area contributed by atoms with Crippen LogP contribution in [0.2, 0.25) is 0 Å². The molecule has 1 aliphatic heterocycles. The first-order valence-corrected chi connectivity index (χ1v) is 9.87. The second-order valence-corrected chi connectivity index (χ2v) is 8.34. The summed E-state index contributed by atoms with van der Waals surface area (Å²) < 4.78 is 31.1. The summed E-state index contributed by atoms with van der Waals surface area (Å²) in [6, 6.07) is 7.53. The third-order valence-electron chi connectivity index (χ3n) is 4.41. The molecule has 2 heterocycles. The first kappa shape index (κ1) is 17.1. The molecule has 2 aromatic rings. The molecule has 0 amide bonds. The van der Waals surface area contributed by atoms with E-state index in [1.807, 2.05) is 25.1 Å². The highest BCUT2D eigenvalue weighted by Crippen LogP contribution is 2.19. The highest BCUT2D eigenvalue weighted by Gasteiger charge is 2.25. The van der Waals surface area contributed by atoms with E-state index in [0.29, 0.717) is 12.2 Å². The fourth-order valence-electron chi connectivity index (χ4n) is 3.07. The lowest BCUT2D eigenvalue weighted by atomic mass is 10.1. The maximum absolute atomic E-state index is 12.4. The fraction of sp³-hybridized carbons (Fsp3) is 0.471. The van der Waals surface area contributed by atoms with Crippen molar-refractivity contribution < 1.29 is 13.2 Å². The van der Waals surface area contributed by atoms with E-state index in [2.05, 4.69) is 4.98 Å². The Labute approximate surface area is 141 Å². The van der Waals surface area contributed by atoms with Crippen molar-refractivity contribution in [1.82, 2.24) is 9.29 Å². The molecule has 7 heteroatoms. The molecule has 1 aromatic heterocycles. The van der Waals surface area contributed by atoms with Crippen molar-refractivity contribution in [3.05, 3.63) is 45.7 Å². The Hall–Kier alpha value is -1.70. The summed E-state index contributed by atoms with van der Waals surface area (Å²) in [5, 5.41) is 0.898. The minimum absolute atomic E-state index is 0.0535. The van der Waals surface area contributed by atoms with Crippen molar-refractivity contribution >= 4 is 20.9 Å². The standard InChI is InChI=1S/C17H22N2O4S/c1-12-5-3-6-13-9-14(17(20)18-16(12)13)10-19(24(2,21)22)11-15-7-4-8-23-15/h3,5-6,9,15H,4,7-8,10-11H2,1-2H3,(H,18,20)/t15-/m0/s1. The Bertz CT molecular complexity index is 898. The van der Waals surface area contributed by atoms with Crippen LogP contribution in [0.25, 0.3) is 10.9 Å². The summed E-state index contributed by atoms with van der Waals surface area (Å²) in [6.07, 6.45) is 2.86. The lowest BCUT2D eigenvalue weighted by molar-refractivity contribution is 0.0927. The van der Waals surface area contributed by atoms with Gasteiger partial charge in [-0.25, -0.2) is 8.42 Å². The van der Waals surface area contributed by atoms with Gasteiger partial charge in [-0.05, 0) is 36.8 Å². The van der Waals surface area contributed by atoms with Gasteiger partial charge in [0, 0.05) is 25.3 Å². The number of nitrogens with zero attached hydrogens (tertiary/aromatic N) is 1. The number of aryl methyl sites for hydroxylation is 1. The van der Waals surface area contributed by atoms with Crippen LogP contribution < -0.4 is 5.56 Å². The first-order valence-electron chi connectivity index (χ1n) is 8.03. The van der Waals surface area contributed by atoms with Crippen LogP contribution in [0.1, 0.15) is 24.0 Å². The summed E-state index contributed by atoms with van der Waals surface area (Å²) >= 11 is 0. The summed E-state index contributed by atoms with van der Waals surface area (Å²) in [5.74, 6) is 0. The van der Waals surface area contributed by atoms with Crippen molar-refractivity contribution in [3.8, 4) is 0 Å². The number of rotatable bonds is 5. The molecule has 1 aromatic carbocycles. The summed E-state index contributed by atoms with van der Waals surface area (Å²) in [6.45, 7) is 2.93. The Morgan fingerprint density at radius 2 is 2.17 bits per heavy atom. The molecule has 6 nitrogen and oxygen atoms in total. The van der Waals surface area contributed by atoms with Crippen LogP contribution >= 0.6 is 0 Å². The number of H-pyrrole nitrogens is 1. The van der Waals surface area contributed by atoms with E-state index >= 15 is 0 Å². The molecule has 1 saturated heterocycles. The molecular formula is C17H22N2O4S. The molecule has 0 bridgehead atoms. The van der Waals surface area contributed by atoms with E-state index in [-0.39, 0.29) is 24.8 Å². The van der Waals surface area contributed by atoms with E-state index in [1.54, 1.807) is 6.07 Å². The molecule has 24 heavy (non-hydrogen) atoms. The molecule has 1 atom stereocenters. The molecule has 0 aliphatic carbocycles. The van der Waals surface area contributed by atoms with Crippen LogP contribution in [0.5, 0.6) is 0 Å². The van der Waals surface area contributed by atoms with Gasteiger partial charge in [-0.1, -0.05) is 18.2 Å². The van der Waals surface area contributed by atoms with Gasteiger partial charge in [-0.15, -0.1) is 0 Å². The number of para-hydroxylation sites is 1. The van der Waals surface area contributed by atoms with Crippen LogP contribution in [-0.2, 0) is 21.3 Å². The number of aromatic nitrogens is 1. The topological polar surface area (TPSA) is 79.5 Å². The van der Waals surface area contributed by atoms with E-state index < -0.39 is 10.0 Å². The van der Waals surface area contributed by atoms with Crippen LogP contribution in [0.3, 0.4) is 0 Å². The fourth-order valence-corrected chi connectivity index (χ4v) is 3.88. The molecule has 0 radical (unpaired) electrons. The van der Waals surface area contributed by atoms with Crippen molar-refractivity contribution in [2.75, 3.05) is 19.4 Å². The van der Waals surface area contributed by atoms with Crippen LogP contribution in [-0.4, -0.2) is 43.2 Å². The minimum Gasteiger partial charge on any atom is -0.377 e. The van der Waals surface area contributed by atoms with Gasteiger partial charge in [0.2, 0.25) is 10.0 Å². The quantitative estimate of drug-likeness (QED) is 0.891. The monoisotopic (exact) mass is 350 g/mol. The van der Waals surface area contributed by atoms with Crippen molar-refractivity contribution in [2.45, 2.75) is 32.4 Å². The number of ether oxygens (including phenoxy) is 1. The maximum Gasteiger partial charge on any atom is 0.252 e. The normalized spacial score (nSPS) is 18.5. The smallest absolute Gasteiger partial charge is 0.252 e. The third kappa shape index (κ3) is 3.68. The van der Waals surface area contributed by atoms with Crippen molar-refractivity contribution in [1.29, 1.82) is 0 Å². The zero-order valence-corrected chi connectivity index (χ0v) is 14.7. The predicted molar refractivity (Wildman–Crippen MR) is 93.5 cm³/mol. The molecule has 1 fully saturated rings. The molecule has 130 valence electrons. The molecular weight excluding hydrogens is 328 g/mol. The Kier molecular flexibility index (Phi) is 4.76. The zero-order valence-electron chi connectivity index (χ0n) is 13.9. The van der Waals surface area contributed by atoms with Crippen molar-refractivity contribution in [2.24, 2.45) is 0 Å². The summed E-state index contributed by atoms with van der Waals surface area (Å²) in [7, 11) is -3.43. The number of aromatic amines is 1. The van der Waals surface area contributed by atoms with E-state index in [0.717, 1.165) is 29.3 Å². The van der Waals surface area contributed by atoms with E-state index in [4.69, 9.17) is 4.74 Å². The SMILES string of the molecule is Cc1cccc2cc(CN(C[C@@H]3CCCO3)S(C)(=O)=O)c(=O)[nH]c12. The lowest BCUT2D eigenvalue weighted by Crippen LogP contribution is -2.37. The van der Waals surface area contributed by atoms with Gasteiger partial charge in [-0.2, -0.15) is 4.31 Å². The molecule has 0 unspecified atom stereocenters. The van der Waals surface area contributed by atoms with E-state index in [9.17, 15) is 13.2 Å². The van der Waals surface area contributed by atoms with Gasteiger partial charge in [-0.3, -0.25) is 4.79 Å². The number of benzene rings is 1. The van der Waals surface area contributed by atoms with Crippen LogP contribution in [0.4, 0.5) is 0 Å². The number of nitrogens with one attached hydrogen (secondary N) is 1. The average molecular weight is 350 g/mol. The zero-order chi connectivity index (χ0) is 17.3. The third-order valence-corrected chi connectivity index (χ3v) is 5.63.